The molecule has 3 N–H and O–H groups in total. The van der Waals surface area contributed by atoms with E-state index in [1.165, 1.54) is 32.1 Å². The Morgan fingerprint density at radius 2 is 1.67 bits per heavy atom. The zero-order valence-corrected chi connectivity index (χ0v) is 11.9. The third-order valence-corrected chi connectivity index (χ3v) is 2.20. The Labute approximate surface area is 122 Å². The third-order valence-electron chi connectivity index (χ3n) is 2.20. The number of benzene rings is 1. The Balaban J connectivity index is 0.000000433. The van der Waals surface area contributed by atoms with E-state index >= 15 is 0 Å². The van der Waals surface area contributed by atoms with Crippen LogP contribution in [-0.4, -0.2) is 32.9 Å². The largest absolute Gasteiger partial charge is 0.504 e. The van der Waals surface area contributed by atoms with Gasteiger partial charge >= 0.3 is 5.97 Å². The summed E-state index contributed by atoms with van der Waals surface area (Å²) in [5.41, 5.74) is 0.672. The van der Waals surface area contributed by atoms with Gasteiger partial charge in [-0.05, 0) is 37.6 Å². The van der Waals surface area contributed by atoms with Gasteiger partial charge in [0.05, 0.1) is 6.42 Å². The first kappa shape index (κ1) is 18.4. The van der Waals surface area contributed by atoms with Gasteiger partial charge in [-0.2, -0.15) is 0 Å². The van der Waals surface area contributed by atoms with Gasteiger partial charge in [0.2, 0.25) is 0 Å². The molecule has 6 heteroatoms. The lowest BCUT2D eigenvalue weighted by molar-refractivity contribution is -0.138. The Morgan fingerprint density at radius 1 is 1.05 bits per heavy atom. The molecule has 0 bridgehead atoms. The predicted octanol–water partition coefficient (Wildman–Crippen LogP) is 2.14. The number of phenols is 2. The molecule has 0 fully saturated rings. The van der Waals surface area contributed by atoms with Crippen LogP contribution in [0.4, 0.5) is 0 Å². The number of phenolic OH excluding ortho intramolecular Hbond substituents is 2. The molecule has 1 rings (SSSR count). The average molecular weight is 294 g/mol. The Morgan fingerprint density at radius 3 is 2.05 bits per heavy atom. The van der Waals surface area contributed by atoms with E-state index in [4.69, 9.17) is 15.3 Å². The summed E-state index contributed by atoms with van der Waals surface area (Å²) in [7, 11) is 0. The highest BCUT2D eigenvalue weighted by Crippen LogP contribution is 2.25. The van der Waals surface area contributed by atoms with E-state index in [0.29, 0.717) is 5.56 Å². The maximum absolute atomic E-state index is 10.6. The van der Waals surface area contributed by atoms with E-state index in [9.17, 15) is 14.4 Å². The van der Waals surface area contributed by atoms with Gasteiger partial charge in [-0.15, -0.1) is 0 Å². The van der Waals surface area contributed by atoms with Gasteiger partial charge in [0.25, 0.3) is 0 Å². The Hall–Kier alpha value is -2.63. The predicted molar refractivity (Wildman–Crippen MR) is 77.0 cm³/mol. The summed E-state index contributed by atoms with van der Waals surface area (Å²) in [5.74, 6) is -1.41. The van der Waals surface area contributed by atoms with Gasteiger partial charge in [0.15, 0.2) is 17.3 Å². The molecule has 0 atom stereocenters. The first-order chi connectivity index (χ1) is 9.72. The topological polar surface area (TPSA) is 112 Å². The molecule has 0 spiro atoms. The number of rotatable bonds is 5. The van der Waals surface area contributed by atoms with Crippen LogP contribution in [0.3, 0.4) is 0 Å². The molecular formula is C15H18O6. The number of carboxylic acid groups (broad SMARTS) is 1. The summed E-state index contributed by atoms with van der Waals surface area (Å²) in [5, 5.41) is 26.1. The van der Waals surface area contributed by atoms with Crippen molar-refractivity contribution in [2.24, 2.45) is 0 Å². The fourth-order valence-corrected chi connectivity index (χ4v) is 1.14. The average Bonchev–Trinajstić information content (AvgIpc) is 2.38. The number of carboxylic acids is 1. The maximum Gasteiger partial charge on any atom is 0.303 e. The molecule has 0 unspecified atom stereocenters. The molecule has 6 nitrogen and oxygen atoms in total. The molecule has 0 amide bonds. The van der Waals surface area contributed by atoms with E-state index in [0.717, 1.165) is 0 Å². The Kier molecular flexibility index (Phi) is 8.14. The second kappa shape index (κ2) is 9.30. The number of allylic oxidation sites excluding steroid dienone is 1. The zero-order valence-electron chi connectivity index (χ0n) is 11.9. The third kappa shape index (κ3) is 9.89. The molecule has 0 aliphatic carbocycles. The summed E-state index contributed by atoms with van der Waals surface area (Å²) < 4.78 is 0. The minimum Gasteiger partial charge on any atom is -0.504 e. The van der Waals surface area contributed by atoms with Crippen molar-refractivity contribution >= 4 is 23.6 Å². The number of carbonyl (C=O) groups is 3. The minimum atomic E-state index is -0.916. The van der Waals surface area contributed by atoms with Crippen molar-refractivity contribution < 1.29 is 29.7 Å². The van der Waals surface area contributed by atoms with Crippen molar-refractivity contribution in [3.05, 3.63) is 29.8 Å². The first-order valence-corrected chi connectivity index (χ1v) is 6.14. The van der Waals surface area contributed by atoms with Crippen LogP contribution in [0, 0.1) is 0 Å². The van der Waals surface area contributed by atoms with Crippen molar-refractivity contribution in [3.63, 3.8) is 0 Å². The van der Waals surface area contributed by atoms with Gasteiger partial charge in [0, 0.05) is 6.42 Å². The monoisotopic (exact) mass is 294 g/mol. The van der Waals surface area contributed by atoms with E-state index in [2.05, 4.69) is 0 Å². The van der Waals surface area contributed by atoms with Crippen LogP contribution in [0.1, 0.15) is 32.3 Å². The minimum absolute atomic E-state index is 0.0463. The van der Waals surface area contributed by atoms with Crippen LogP contribution >= 0.6 is 0 Å². The smallest absolute Gasteiger partial charge is 0.303 e. The lowest BCUT2D eigenvalue weighted by Crippen LogP contribution is -1.98. The number of aromatic hydroxyl groups is 2. The quantitative estimate of drug-likeness (QED) is 0.566. The molecule has 1 aromatic rings. The van der Waals surface area contributed by atoms with Gasteiger partial charge in [-0.1, -0.05) is 12.1 Å². The summed E-state index contributed by atoms with van der Waals surface area (Å²) in [6, 6.07) is 4.36. The molecule has 0 heterocycles. The van der Waals surface area contributed by atoms with E-state index < -0.39 is 5.97 Å². The molecule has 1 aromatic carbocycles. The van der Waals surface area contributed by atoms with Gasteiger partial charge in [-0.3, -0.25) is 9.59 Å². The van der Waals surface area contributed by atoms with Crippen molar-refractivity contribution in [2.75, 3.05) is 0 Å². The van der Waals surface area contributed by atoms with Crippen LogP contribution in [0.25, 0.3) is 6.08 Å². The summed E-state index contributed by atoms with van der Waals surface area (Å²) >= 11 is 0. The second-order valence-corrected chi connectivity index (χ2v) is 4.29. The zero-order chi connectivity index (χ0) is 16.4. The number of ketones is 2. The van der Waals surface area contributed by atoms with Gasteiger partial charge in [0.1, 0.15) is 5.78 Å². The molecule has 21 heavy (non-hydrogen) atoms. The first-order valence-electron chi connectivity index (χ1n) is 6.14. The molecule has 0 aromatic heterocycles. The fraction of sp³-hybridized carbons (Fsp3) is 0.267. The molecule has 0 radical (unpaired) electrons. The Bertz CT molecular complexity index is 531. The van der Waals surface area contributed by atoms with Crippen LogP contribution in [0.2, 0.25) is 0 Å². The summed E-state index contributed by atoms with van der Waals surface area (Å²) in [6.45, 7) is 2.82. The highest BCUT2D eigenvalue weighted by Gasteiger charge is 1.98. The number of aliphatic carboxylic acids is 1. The summed E-state index contributed by atoms with van der Waals surface area (Å²) in [4.78, 5) is 30.4. The normalized spacial score (nSPS) is 9.81. The number of carbonyl (C=O) groups excluding carboxylic acids is 2. The highest BCUT2D eigenvalue weighted by atomic mass is 16.4. The van der Waals surface area contributed by atoms with E-state index in [1.807, 2.05) is 0 Å². The SMILES string of the molecule is CC(=O)/C=C/c1ccc(O)c(O)c1.CC(=O)CCC(=O)O. The van der Waals surface area contributed by atoms with Crippen LogP contribution in [0.5, 0.6) is 11.5 Å². The number of hydrogen-bond acceptors (Lipinski definition) is 5. The molecule has 0 saturated heterocycles. The van der Waals surface area contributed by atoms with Crippen molar-refractivity contribution in [1.82, 2.24) is 0 Å². The van der Waals surface area contributed by atoms with Crippen molar-refractivity contribution in [1.29, 1.82) is 0 Å². The number of hydrogen-bond donors (Lipinski definition) is 3. The highest BCUT2D eigenvalue weighted by molar-refractivity contribution is 5.91. The van der Waals surface area contributed by atoms with E-state index in [-0.39, 0.29) is 35.9 Å². The maximum atomic E-state index is 10.6. The number of Topliss-reactive ketones (excluding diaryl/α,β-unsaturated/α-hetero) is 1. The van der Waals surface area contributed by atoms with Gasteiger partial charge in [-0.25, -0.2) is 0 Å². The van der Waals surface area contributed by atoms with Crippen LogP contribution in [-0.2, 0) is 14.4 Å². The lowest BCUT2D eigenvalue weighted by atomic mass is 10.2. The van der Waals surface area contributed by atoms with Crippen LogP contribution in [0.15, 0.2) is 24.3 Å². The lowest BCUT2D eigenvalue weighted by Gasteiger charge is -1.97. The summed E-state index contributed by atoms with van der Waals surface area (Å²) in [6.07, 6.45) is 3.07. The van der Waals surface area contributed by atoms with Gasteiger partial charge < -0.3 is 20.1 Å². The molecular weight excluding hydrogens is 276 g/mol. The molecule has 0 saturated carbocycles. The van der Waals surface area contributed by atoms with Crippen LogP contribution < -0.4 is 0 Å². The molecule has 0 aliphatic heterocycles. The second-order valence-electron chi connectivity index (χ2n) is 4.29. The molecule has 0 aliphatic rings. The molecule has 114 valence electrons. The fourth-order valence-electron chi connectivity index (χ4n) is 1.14. The van der Waals surface area contributed by atoms with E-state index in [1.54, 1.807) is 12.1 Å². The van der Waals surface area contributed by atoms with Crippen molar-refractivity contribution in [2.45, 2.75) is 26.7 Å². The standard InChI is InChI=1S/C10H10O3.C5H8O3/c1-7(11)2-3-8-4-5-9(12)10(13)6-8;1-4(6)2-3-5(7)8/h2-6,12-13H,1H3;2-3H2,1H3,(H,7,8)/b3-2+;. The van der Waals surface area contributed by atoms with Crippen molar-refractivity contribution in [3.8, 4) is 11.5 Å².